The molecule has 0 aliphatic heterocycles. The average molecular weight is 323 g/mol. The fraction of sp³-hybridized carbons (Fsp3) is 0.800. The van der Waals surface area contributed by atoms with Crippen LogP contribution in [-0.4, -0.2) is 22.3 Å². The van der Waals surface area contributed by atoms with E-state index in [2.05, 4.69) is 47.8 Å². The van der Waals surface area contributed by atoms with E-state index in [0.717, 1.165) is 6.29 Å². The molecule has 0 N–H and O–H groups in total. The monoisotopic (exact) mass is 320 g/mol. The highest BCUT2D eigenvalue weighted by Crippen LogP contribution is 2.22. The summed E-state index contributed by atoms with van der Waals surface area (Å²) in [6.07, 6.45) is 0.964. The van der Waals surface area contributed by atoms with Gasteiger partial charge in [0.25, 0.3) is 0 Å². The lowest BCUT2D eigenvalue weighted by Crippen LogP contribution is -2.28. The van der Waals surface area contributed by atoms with Crippen LogP contribution in [0.4, 0.5) is 0 Å². The van der Waals surface area contributed by atoms with Gasteiger partial charge in [0.1, 0.15) is 6.29 Å². The first-order valence-corrected chi connectivity index (χ1v) is 5.75. The Labute approximate surface area is 80.0 Å². The van der Waals surface area contributed by atoms with Crippen LogP contribution >= 0.6 is 47.8 Å². The third kappa shape index (κ3) is 2.68. The average Bonchev–Trinajstić information content (AvgIpc) is 1.95. The van der Waals surface area contributed by atoms with E-state index in [-0.39, 0.29) is 5.41 Å². The maximum Gasteiger partial charge on any atom is 0.128 e. The maximum absolute atomic E-state index is 10.4. The largest absolute Gasteiger partial charge is 0.303 e. The highest BCUT2D eigenvalue weighted by molar-refractivity contribution is 9.10. The summed E-state index contributed by atoms with van der Waals surface area (Å²) in [6.45, 7) is 0. The van der Waals surface area contributed by atoms with Crippen molar-refractivity contribution in [2.75, 3.05) is 16.0 Å². The van der Waals surface area contributed by atoms with Crippen LogP contribution < -0.4 is 0 Å². The van der Waals surface area contributed by atoms with E-state index < -0.39 is 0 Å². The van der Waals surface area contributed by atoms with Crippen LogP contribution in [0.2, 0.25) is 0 Å². The molecule has 0 aromatic rings. The van der Waals surface area contributed by atoms with Gasteiger partial charge in [0.05, 0.1) is 5.41 Å². The lowest BCUT2D eigenvalue weighted by atomic mass is 10.00. The molecule has 0 rings (SSSR count). The van der Waals surface area contributed by atoms with E-state index >= 15 is 0 Å². The number of carbonyl (C=O) groups is 1. The van der Waals surface area contributed by atoms with E-state index in [4.69, 9.17) is 0 Å². The quantitative estimate of drug-likeness (QED) is 0.573. The van der Waals surface area contributed by atoms with Crippen LogP contribution in [0, 0.1) is 5.41 Å². The molecule has 0 saturated carbocycles. The van der Waals surface area contributed by atoms with Crippen LogP contribution in [0.15, 0.2) is 0 Å². The number of hydrogen-bond acceptors (Lipinski definition) is 1. The van der Waals surface area contributed by atoms with Crippen molar-refractivity contribution in [2.24, 2.45) is 5.41 Å². The molecule has 0 radical (unpaired) electrons. The number of hydrogen-bond donors (Lipinski definition) is 0. The first-order chi connectivity index (χ1) is 4.24. The summed E-state index contributed by atoms with van der Waals surface area (Å²) >= 11 is 9.79. The summed E-state index contributed by atoms with van der Waals surface area (Å²) in [4.78, 5) is 10.4. The summed E-state index contributed by atoms with van der Waals surface area (Å²) in [7, 11) is 0. The van der Waals surface area contributed by atoms with E-state index in [1.807, 2.05) is 0 Å². The molecule has 0 aromatic heterocycles. The molecule has 9 heavy (non-hydrogen) atoms. The number of aldehydes is 1. The van der Waals surface area contributed by atoms with Gasteiger partial charge in [-0.25, -0.2) is 0 Å². The molecule has 0 bridgehead atoms. The predicted molar refractivity (Wildman–Crippen MR) is 49.9 cm³/mol. The van der Waals surface area contributed by atoms with E-state index in [0.29, 0.717) is 16.0 Å². The Bertz CT molecular complexity index is 81.9. The van der Waals surface area contributed by atoms with Crippen LogP contribution in [-0.2, 0) is 4.79 Å². The molecule has 0 amide bonds. The van der Waals surface area contributed by atoms with Gasteiger partial charge in [0.2, 0.25) is 0 Å². The zero-order chi connectivity index (χ0) is 7.33. The summed E-state index contributed by atoms with van der Waals surface area (Å²) in [5.74, 6) is 0. The van der Waals surface area contributed by atoms with Crippen molar-refractivity contribution in [1.29, 1.82) is 0 Å². The van der Waals surface area contributed by atoms with Gasteiger partial charge in [-0.3, -0.25) is 0 Å². The second kappa shape index (κ2) is 4.85. The normalized spacial score (nSPS) is 11.4. The topological polar surface area (TPSA) is 17.1 Å². The number of alkyl halides is 3. The van der Waals surface area contributed by atoms with Crippen molar-refractivity contribution in [3.8, 4) is 0 Å². The summed E-state index contributed by atoms with van der Waals surface area (Å²) < 4.78 is 0. The van der Waals surface area contributed by atoms with Crippen LogP contribution in [0.1, 0.15) is 0 Å². The van der Waals surface area contributed by atoms with E-state index in [1.165, 1.54) is 0 Å². The molecule has 0 heterocycles. The van der Waals surface area contributed by atoms with Crippen molar-refractivity contribution in [3.63, 3.8) is 0 Å². The molecule has 0 spiro atoms. The van der Waals surface area contributed by atoms with Gasteiger partial charge >= 0.3 is 0 Å². The Hall–Kier alpha value is 1.11. The molecule has 0 aliphatic carbocycles. The van der Waals surface area contributed by atoms with Crippen molar-refractivity contribution < 1.29 is 4.79 Å². The molecular weight excluding hydrogens is 316 g/mol. The van der Waals surface area contributed by atoms with E-state index in [1.54, 1.807) is 0 Å². The standard InChI is InChI=1S/C5H7Br3O/c6-1-5(2-7,3-8)4-9/h4H,1-3H2. The van der Waals surface area contributed by atoms with Gasteiger partial charge in [-0.05, 0) is 0 Å². The van der Waals surface area contributed by atoms with Gasteiger partial charge in [0.15, 0.2) is 0 Å². The van der Waals surface area contributed by atoms with Crippen molar-refractivity contribution in [3.05, 3.63) is 0 Å². The molecule has 4 heteroatoms. The molecule has 0 aliphatic rings. The minimum absolute atomic E-state index is 0.264. The number of carbonyl (C=O) groups excluding carboxylic acids is 1. The third-order valence-electron chi connectivity index (χ3n) is 1.05. The first kappa shape index (κ1) is 10.1. The Kier molecular flexibility index (Phi) is 5.45. The Morgan fingerprint density at radius 1 is 1.11 bits per heavy atom. The summed E-state index contributed by atoms with van der Waals surface area (Å²) in [5, 5.41) is 2.08. The summed E-state index contributed by atoms with van der Waals surface area (Å²) in [5.41, 5.74) is -0.264. The predicted octanol–water partition coefficient (Wildman–Crippen LogP) is 2.36. The summed E-state index contributed by atoms with van der Waals surface area (Å²) in [6, 6.07) is 0. The molecular formula is C5H7Br3O. The van der Waals surface area contributed by atoms with Gasteiger partial charge in [-0.1, -0.05) is 47.8 Å². The van der Waals surface area contributed by atoms with Crippen LogP contribution in [0.25, 0.3) is 0 Å². The Balaban J connectivity index is 3.98. The molecule has 0 atom stereocenters. The van der Waals surface area contributed by atoms with E-state index in [9.17, 15) is 4.79 Å². The molecule has 0 aromatic carbocycles. The lowest BCUT2D eigenvalue weighted by molar-refractivity contribution is -0.113. The zero-order valence-corrected chi connectivity index (χ0v) is 9.50. The minimum atomic E-state index is -0.264. The lowest BCUT2D eigenvalue weighted by Gasteiger charge is -2.18. The van der Waals surface area contributed by atoms with Crippen LogP contribution in [0.5, 0.6) is 0 Å². The van der Waals surface area contributed by atoms with Crippen molar-refractivity contribution >= 4 is 54.1 Å². The molecule has 54 valence electrons. The second-order valence-electron chi connectivity index (χ2n) is 1.88. The molecule has 1 nitrogen and oxygen atoms in total. The number of halogens is 3. The van der Waals surface area contributed by atoms with Crippen LogP contribution in [0.3, 0.4) is 0 Å². The van der Waals surface area contributed by atoms with Gasteiger partial charge in [0, 0.05) is 16.0 Å². The Morgan fingerprint density at radius 2 is 1.44 bits per heavy atom. The van der Waals surface area contributed by atoms with Gasteiger partial charge < -0.3 is 4.79 Å². The molecule has 0 unspecified atom stereocenters. The highest BCUT2D eigenvalue weighted by Gasteiger charge is 2.25. The SMILES string of the molecule is O=CC(CBr)(CBr)CBr. The number of rotatable bonds is 4. The third-order valence-corrected chi connectivity index (χ3v) is 4.40. The van der Waals surface area contributed by atoms with Gasteiger partial charge in [-0.15, -0.1) is 0 Å². The second-order valence-corrected chi connectivity index (χ2v) is 3.56. The minimum Gasteiger partial charge on any atom is -0.303 e. The first-order valence-electron chi connectivity index (χ1n) is 2.39. The fourth-order valence-electron chi connectivity index (χ4n) is 0.202. The molecule has 0 fully saturated rings. The maximum atomic E-state index is 10.4. The molecule has 0 saturated heterocycles. The van der Waals surface area contributed by atoms with Crippen molar-refractivity contribution in [2.45, 2.75) is 0 Å². The fourth-order valence-corrected chi connectivity index (χ4v) is 3.38. The smallest absolute Gasteiger partial charge is 0.128 e. The zero-order valence-electron chi connectivity index (χ0n) is 4.74. The van der Waals surface area contributed by atoms with Crippen molar-refractivity contribution in [1.82, 2.24) is 0 Å². The van der Waals surface area contributed by atoms with Gasteiger partial charge in [-0.2, -0.15) is 0 Å². The highest BCUT2D eigenvalue weighted by atomic mass is 79.9. The Morgan fingerprint density at radius 3 is 1.44 bits per heavy atom.